The Kier molecular flexibility index (Phi) is 3.46. The van der Waals surface area contributed by atoms with E-state index in [9.17, 15) is 13.2 Å². The standard InChI is InChI=1S/C10H10ClN3O4S/c1-18-10(15)9(19(2,16)17)6-3-8(11)13-14-5-12-4-7(6)14/h3-5,9H,1-2H3. The van der Waals surface area contributed by atoms with E-state index in [0.717, 1.165) is 13.4 Å². The third kappa shape index (κ3) is 2.54. The summed E-state index contributed by atoms with van der Waals surface area (Å²) in [6.07, 6.45) is 3.72. The number of methoxy groups -OCH3 is 1. The summed E-state index contributed by atoms with van der Waals surface area (Å²) < 4.78 is 29.5. The van der Waals surface area contributed by atoms with Crippen molar-refractivity contribution >= 4 is 32.9 Å². The molecule has 0 aromatic carbocycles. The van der Waals surface area contributed by atoms with Crippen molar-refractivity contribution in [2.45, 2.75) is 5.25 Å². The van der Waals surface area contributed by atoms with Crippen molar-refractivity contribution in [3.05, 3.63) is 29.3 Å². The average molecular weight is 304 g/mol. The van der Waals surface area contributed by atoms with Gasteiger partial charge in [-0.15, -0.1) is 0 Å². The summed E-state index contributed by atoms with van der Waals surface area (Å²) in [7, 11) is -2.60. The van der Waals surface area contributed by atoms with E-state index in [1.54, 1.807) is 0 Å². The van der Waals surface area contributed by atoms with Crippen LogP contribution in [0.1, 0.15) is 10.8 Å². The lowest BCUT2D eigenvalue weighted by Crippen LogP contribution is -2.23. The van der Waals surface area contributed by atoms with Gasteiger partial charge in [0.25, 0.3) is 0 Å². The van der Waals surface area contributed by atoms with Gasteiger partial charge < -0.3 is 4.74 Å². The molecule has 102 valence electrons. The number of ether oxygens (including phenoxy) is 1. The summed E-state index contributed by atoms with van der Waals surface area (Å²) in [5, 5.41) is 2.51. The van der Waals surface area contributed by atoms with Crippen LogP contribution in [0.5, 0.6) is 0 Å². The second-order valence-corrected chi connectivity index (χ2v) is 6.40. The highest BCUT2D eigenvalue weighted by Crippen LogP contribution is 2.28. The molecule has 19 heavy (non-hydrogen) atoms. The molecule has 0 saturated carbocycles. The predicted molar refractivity (Wildman–Crippen MR) is 67.6 cm³/mol. The molecule has 0 saturated heterocycles. The Bertz CT molecular complexity index is 740. The Balaban J connectivity index is 2.76. The average Bonchev–Trinajstić information content (AvgIpc) is 2.74. The summed E-state index contributed by atoms with van der Waals surface area (Å²) >= 11 is 5.82. The highest BCUT2D eigenvalue weighted by atomic mass is 35.5. The van der Waals surface area contributed by atoms with E-state index >= 15 is 0 Å². The Morgan fingerprint density at radius 2 is 2.21 bits per heavy atom. The molecule has 0 radical (unpaired) electrons. The maximum atomic E-state index is 11.8. The van der Waals surface area contributed by atoms with Crippen molar-refractivity contribution in [3.63, 3.8) is 0 Å². The van der Waals surface area contributed by atoms with Gasteiger partial charge in [0.2, 0.25) is 0 Å². The maximum absolute atomic E-state index is 11.8. The summed E-state index contributed by atoms with van der Waals surface area (Å²) in [5.74, 6) is -0.882. The fourth-order valence-corrected chi connectivity index (χ4v) is 3.05. The molecule has 1 atom stereocenters. The zero-order valence-electron chi connectivity index (χ0n) is 10.1. The van der Waals surface area contributed by atoms with E-state index in [-0.39, 0.29) is 10.7 Å². The van der Waals surface area contributed by atoms with Crippen molar-refractivity contribution in [2.75, 3.05) is 13.4 Å². The van der Waals surface area contributed by atoms with E-state index in [1.807, 2.05) is 0 Å². The fraction of sp³-hybridized carbons (Fsp3) is 0.300. The van der Waals surface area contributed by atoms with Crippen LogP contribution in [0, 0.1) is 0 Å². The molecule has 0 fully saturated rings. The normalized spacial score (nSPS) is 13.4. The van der Waals surface area contributed by atoms with Crippen molar-refractivity contribution in [1.82, 2.24) is 14.6 Å². The number of aromatic nitrogens is 3. The first-order valence-corrected chi connectivity index (χ1v) is 7.43. The van der Waals surface area contributed by atoms with Gasteiger partial charge in [0.15, 0.2) is 15.1 Å². The number of hydrogen-bond donors (Lipinski definition) is 0. The van der Waals surface area contributed by atoms with E-state index in [1.165, 1.54) is 23.1 Å². The van der Waals surface area contributed by atoms with E-state index in [2.05, 4.69) is 14.8 Å². The van der Waals surface area contributed by atoms with Gasteiger partial charge in [-0.05, 0) is 6.07 Å². The summed E-state index contributed by atoms with van der Waals surface area (Å²) in [6, 6.07) is 1.32. The van der Waals surface area contributed by atoms with Crippen LogP contribution in [0.15, 0.2) is 18.6 Å². The molecule has 0 N–H and O–H groups in total. The molecule has 0 bridgehead atoms. The smallest absolute Gasteiger partial charge is 0.328 e. The molecule has 0 aliphatic rings. The highest BCUT2D eigenvalue weighted by Gasteiger charge is 2.34. The third-order valence-corrected chi connectivity index (χ3v) is 4.01. The molecule has 2 heterocycles. The molecule has 2 aromatic rings. The number of sulfone groups is 1. The van der Waals surface area contributed by atoms with Gasteiger partial charge in [-0.1, -0.05) is 11.6 Å². The number of nitrogens with zero attached hydrogens (tertiary/aromatic N) is 3. The van der Waals surface area contributed by atoms with Gasteiger partial charge in [0.1, 0.15) is 11.5 Å². The van der Waals surface area contributed by atoms with Gasteiger partial charge in [-0.25, -0.2) is 17.9 Å². The largest absolute Gasteiger partial charge is 0.468 e. The second kappa shape index (κ2) is 4.78. The minimum Gasteiger partial charge on any atom is -0.468 e. The van der Waals surface area contributed by atoms with Crippen molar-refractivity contribution in [2.24, 2.45) is 0 Å². The second-order valence-electron chi connectivity index (χ2n) is 3.88. The number of esters is 1. The summed E-state index contributed by atoms with van der Waals surface area (Å²) in [5.41, 5.74) is 0.567. The number of hydrogen-bond acceptors (Lipinski definition) is 6. The van der Waals surface area contributed by atoms with Crippen molar-refractivity contribution < 1.29 is 17.9 Å². The lowest BCUT2D eigenvalue weighted by atomic mass is 10.2. The van der Waals surface area contributed by atoms with Crippen LogP contribution in [0.2, 0.25) is 5.15 Å². The van der Waals surface area contributed by atoms with Gasteiger partial charge in [-0.3, -0.25) is 4.79 Å². The van der Waals surface area contributed by atoms with E-state index < -0.39 is 21.1 Å². The number of rotatable bonds is 3. The van der Waals surface area contributed by atoms with Crippen LogP contribution in [-0.2, 0) is 19.4 Å². The Labute approximate surface area is 114 Å². The molecule has 1 unspecified atom stereocenters. The van der Waals surface area contributed by atoms with Crippen LogP contribution in [-0.4, -0.2) is 42.4 Å². The molecular formula is C10H10ClN3O4S. The van der Waals surface area contributed by atoms with Crippen LogP contribution in [0.25, 0.3) is 5.52 Å². The molecule has 7 nitrogen and oxygen atoms in total. The number of halogens is 1. The molecule has 0 spiro atoms. The third-order valence-electron chi connectivity index (χ3n) is 2.52. The van der Waals surface area contributed by atoms with Gasteiger partial charge in [0, 0.05) is 11.8 Å². The summed E-state index contributed by atoms with van der Waals surface area (Å²) in [6.45, 7) is 0. The fourth-order valence-electron chi connectivity index (χ4n) is 1.76. The zero-order chi connectivity index (χ0) is 14.2. The SMILES string of the molecule is COC(=O)C(c1cc(Cl)nn2cncc12)S(C)(=O)=O. The van der Waals surface area contributed by atoms with E-state index in [0.29, 0.717) is 5.52 Å². The quantitative estimate of drug-likeness (QED) is 0.773. The molecule has 0 aliphatic heterocycles. The molecule has 0 aliphatic carbocycles. The molecule has 2 aromatic heterocycles. The minimum absolute atomic E-state index is 0.0538. The van der Waals surface area contributed by atoms with Crippen LogP contribution in [0.3, 0.4) is 0 Å². The Morgan fingerprint density at radius 1 is 1.53 bits per heavy atom. The van der Waals surface area contributed by atoms with Gasteiger partial charge in [0.05, 0.1) is 18.8 Å². The molecule has 9 heteroatoms. The number of carbonyl (C=O) groups excluding carboxylic acids is 1. The van der Waals surface area contributed by atoms with Crippen LogP contribution >= 0.6 is 11.6 Å². The Hall–Kier alpha value is -1.67. The molecule has 0 amide bonds. The zero-order valence-corrected chi connectivity index (χ0v) is 11.6. The lowest BCUT2D eigenvalue weighted by molar-refractivity contribution is -0.140. The molecule has 2 rings (SSSR count). The van der Waals surface area contributed by atoms with Crippen LogP contribution in [0.4, 0.5) is 0 Å². The maximum Gasteiger partial charge on any atom is 0.328 e. The topological polar surface area (TPSA) is 90.6 Å². The highest BCUT2D eigenvalue weighted by molar-refractivity contribution is 7.91. The first kappa shape index (κ1) is 13.8. The predicted octanol–water partition coefficient (Wildman–Crippen LogP) is 0.641. The van der Waals surface area contributed by atoms with Crippen molar-refractivity contribution in [3.8, 4) is 0 Å². The van der Waals surface area contributed by atoms with Crippen LogP contribution < -0.4 is 0 Å². The number of imidazole rings is 1. The first-order valence-electron chi connectivity index (χ1n) is 5.10. The molecular weight excluding hydrogens is 294 g/mol. The Morgan fingerprint density at radius 3 is 2.79 bits per heavy atom. The first-order chi connectivity index (χ1) is 8.84. The van der Waals surface area contributed by atoms with Gasteiger partial charge in [-0.2, -0.15) is 5.10 Å². The van der Waals surface area contributed by atoms with Crippen molar-refractivity contribution in [1.29, 1.82) is 0 Å². The monoisotopic (exact) mass is 303 g/mol. The summed E-state index contributed by atoms with van der Waals surface area (Å²) in [4.78, 5) is 15.6. The van der Waals surface area contributed by atoms with Gasteiger partial charge >= 0.3 is 5.97 Å². The lowest BCUT2D eigenvalue weighted by Gasteiger charge is -2.14. The number of fused-ring (bicyclic) bond motifs is 1. The van der Waals surface area contributed by atoms with E-state index in [4.69, 9.17) is 11.6 Å². The minimum atomic E-state index is -3.72. The number of carbonyl (C=O) groups is 1.